The second-order valence-corrected chi connectivity index (χ2v) is 4.50. The topological polar surface area (TPSA) is 66.8 Å². The summed E-state index contributed by atoms with van der Waals surface area (Å²) in [5.74, 6) is -0.983. The minimum absolute atomic E-state index is 0.0352. The van der Waals surface area contributed by atoms with E-state index >= 15 is 0 Å². The van der Waals surface area contributed by atoms with Crippen LogP contribution in [0, 0.1) is 5.92 Å². The van der Waals surface area contributed by atoms with Crippen molar-refractivity contribution in [3.8, 4) is 0 Å². The van der Waals surface area contributed by atoms with E-state index in [0.717, 1.165) is 12.8 Å². The van der Waals surface area contributed by atoms with Gasteiger partial charge in [-0.15, -0.1) is 0 Å². The minimum Gasteiger partial charge on any atom is -0.480 e. The van der Waals surface area contributed by atoms with E-state index < -0.39 is 12.0 Å². The third-order valence-corrected chi connectivity index (χ3v) is 3.08. The first-order valence-electron chi connectivity index (χ1n) is 6.18. The number of nitrogens with zero attached hydrogens (tertiary/aromatic N) is 1. The predicted octanol–water partition coefficient (Wildman–Crippen LogP) is 1.12. The number of carbonyl (C=O) groups excluding carboxylic acids is 1. The Balaban J connectivity index is 2.42. The first-order chi connectivity index (χ1) is 8.07. The summed E-state index contributed by atoms with van der Waals surface area (Å²) in [4.78, 5) is 24.4. The monoisotopic (exact) mass is 243 g/mol. The molecular weight excluding hydrogens is 222 g/mol. The van der Waals surface area contributed by atoms with Gasteiger partial charge in [-0.05, 0) is 18.8 Å². The van der Waals surface area contributed by atoms with Crippen LogP contribution in [-0.4, -0.2) is 47.7 Å². The summed E-state index contributed by atoms with van der Waals surface area (Å²) in [6.45, 7) is 5.45. The van der Waals surface area contributed by atoms with Crippen LogP contribution in [0.25, 0.3) is 0 Å². The number of aliphatic carboxylic acids is 1. The summed E-state index contributed by atoms with van der Waals surface area (Å²) in [6.07, 6.45) is 1.96. The molecule has 1 saturated heterocycles. The molecule has 5 heteroatoms. The van der Waals surface area contributed by atoms with Crippen LogP contribution >= 0.6 is 0 Å². The van der Waals surface area contributed by atoms with Crippen molar-refractivity contribution in [3.63, 3.8) is 0 Å². The second kappa shape index (κ2) is 6.59. The fourth-order valence-corrected chi connectivity index (χ4v) is 2.15. The zero-order chi connectivity index (χ0) is 12.8. The Hall–Kier alpha value is -1.10. The molecule has 0 bridgehead atoms. The fourth-order valence-electron chi connectivity index (χ4n) is 2.15. The van der Waals surface area contributed by atoms with Crippen molar-refractivity contribution in [1.82, 2.24) is 4.90 Å². The molecule has 1 fully saturated rings. The molecule has 0 aromatic heterocycles. The third kappa shape index (κ3) is 3.70. The van der Waals surface area contributed by atoms with Crippen molar-refractivity contribution in [1.29, 1.82) is 0 Å². The molecule has 2 atom stereocenters. The fraction of sp³-hybridized carbons (Fsp3) is 0.833. The Morgan fingerprint density at radius 3 is 2.71 bits per heavy atom. The van der Waals surface area contributed by atoms with Crippen molar-refractivity contribution in [2.45, 2.75) is 39.2 Å². The molecule has 2 unspecified atom stereocenters. The van der Waals surface area contributed by atoms with Crippen molar-refractivity contribution < 1.29 is 19.4 Å². The summed E-state index contributed by atoms with van der Waals surface area (Å²) in [5, 5.41) is 9.09. The van der Waals surface area contributed by atoms with E-state index in [1.165, 1.54) is 4.90 Å². The van der Waals surface area contributed by atoms with Crippen LogP contribution in [0.3, 0.4) is 0 Å². The zero-order valence-electron chi connectivity index (χ0n) is 10.5. The SMILES string of the molecule is CCCOCCC(=O)N1CCC(C)C1C(=O)O. The van der Waals surface area contributed by atoms with Crippen molar-refractivity contribution in [2.75, 3.05) is 19.8 Å². The quantitative estimate of drug-likeness (QED) is 0.710. The van der Waals surface area contributed by atoms with E-state index in [0.29, 0.717) is 19.8 Å². The molecule has 1 aliphatic heterocycles. The number of ether oxygens (including phenoxy) is 1. The molecule has 5 nitrogen and oxygen atoms in total. The van der Waals surface area contributed by atoms with Crippen molar-refractivity contribution in [2.24, 2.45) is 5.92 Å². The molecular formula is C12H21NO4. The molecule has 0 radical (unpaired) electrons. The molecule has 1 N–H and O–H groups in total. The lowest BCUT2D eigenvalue weighted by Gasteiger charge is -2.23. The zero-order valence-corrected chi connectivity index (χ0v) is 10.5. The van der Waals surface area contributed by atoms with Gasteiger partial charge in [0, 0.05) is 13.2 Å². The number of amides is 1. The largest absolute Gasteiger partial charge is 0.480 e. The van der Waals surface area contributed by atoms with E-state index in [4.69, 9.17) is 9.84 Å². The van der Waals surface area contributed by atoms with Gasteiger partial charge in [0.1, 0.15) is 6.04 Å². The number of carboxylic acids is 1. The molecule has 0 aliphatic carbocycles. The van der Waals surface area contributed by atoms with Crippen molar-refractivity contribution in [3.05, 3.63) is 0 Å². The Morgan fingerprint density at radius 2 is 2.12 bits per heavy atom. The summed E-state index contributed by atoms with van der Waals surface area (Å²) < 4.78 is 5.24. The van der Waals surface area contributed by atoms with Gasteiger partial charge in [0.2, 0.25) is 5.91 Å². The summed E-state index contributed by atoms with van der Waals surface area (Å²) in [5.41, 5.74) is 0. The highest BCUT2D eigenvalue weighted by atomic mass is 16.5. The van der Waals surface area contributed by atoms with Crippen LogP contribution in [0.2, 0.25) is 0 Å². The maximum absolute atomic E-state index is 11.9. The Bertz CT molecular complexity index is 280. The van der Waals surface area contributed by atoms with Crippen molar-refractivity contribution >= 4 is 11.9 Å². The summed E-state index contributed by atoms with van der Waals surface area (Å²) in [6, 6.07) is -0.659. The van der Waals surface area contributed by atoms with Crippen LogP contribution in [0.5, 0.6) is 0 Å². The van der Waals surface area contributed by atoms with Gasteiger partial charge in [0.05, 0.1) is 13.0 Å². The number of carbonyl (C=O) groups is 2. The molecule has 17 heavy (non-hydrogen) atoms. The van der Waals surface area contributed by atoms with E-state index in [9.17, 15) is 9.59 Å². The highest BCUT2D eigenvalue weighted by Crippen LogP contribution is 2.24. The van der Waals surface area contributed by atoms with Crippen LogP contribution in [0.4, 0.5) is 0 Å². The van der Waals surface area contributed by atoms with Gasteiger partial charge in [-0.1, -0.05) is 13.8 Å². The van der Waals surface area contributed by atoms with E-state index in [1.54, 1.807) is 0 Å². The van der Waals surface area contributed by atoms with Crippen LogP contribution in [0.15, 0.2) is 0 Å². The average Bonchev–Trinajstić information content (AvgIpc) is 2.66. The smallest absolute Gasteiger partial charge is 0.326 e. The molecule has 1 amide bonds. The van der Waals surface area contributed by atoms with Crippen LogP contribution in [0.1, 0.15) is 33.1 Å². The van der Waals surface area contributed by atoms with E-state index in [2.05, 4.69) is 0 Å². The minimum atomic E-state index is -0.905. The maximum atomic E-state index is 11.9. The van der Waals surface area contributed by atoms with Gasteiger partial charge in [-0.25, -0.2) is 4.79 Å². The Morgan fingerprint density at radius 1 is 1.41 bits per heavy atom. The average molecular weight is 243 g/mol. The number of carboxylic acid groups (broad SMARTS) is 1. The van der Waals surface area contributed by atoms with Gasteiger partial charge in [-0.3, -0.25) is 4.79 Å². The summed E-state index contributed by atoms with van der Waals surface area (Å²) in [7, 11) is 0. The molecule has 1 aliphatic rings. The number of rotatable bonds is 6. The Labute approximate surface area is 102 Å². The van der Waals surface area contributed by atoms with Crippen LogP contribution in [-0.2, 0) is 14.3 Å². The third-order valence-electron chi connectivity index (χ3n) is 3.08. The first kappa shape index (κ1) is 14.0. The lowest BCUT2D eigenvalue weighted by Crippen LogP contribution is -2.43. The lowest BCUT2D eigenvalue weighted by atomic mass is 10.0. The van der Waals surface area contributed by atoms with E-state index in [1.807, 2.05) is 13.8 Å². The Kier molecular flexibility index (Phi) is 5.41. The highest BCUT2D eigenvalue weighted by molar-refractivity contribution is 5.84. The van der Waals surface area contributed by atoms with Gasteiger partial charge in [0.25, 0.3) is 0 Å². The number of likely N-dealkylation sites (tertiary alicyclic amines) is 1. The normalized spacial score (nSPS) is 24.0. The van der Waals surface area contributed by atoms with E-state index in [-0.39, 0.29) is 18.2 Å². The van der Waals surface area contributed by atoms with Gasteiger partial charge >= 0.3 is 5.97 Å². The highest BCUT2D eigenvalue weighted by Gasteiger charge is 2.38. The number of hydrogen-bond acceptors (Lipinski definition) is 3. The standard InChI is InChI=1S/C12H21NO4/c1-3-7-17-8-5-10(14)13-6-4-9(2)11(13)12(15)16/h9,11H,3-8H2,1-2H3,(H,15,16). The molecule has 1 rings (SSSR count). The number of hydrogen-bond donors (Lipinski definition) is 1. The molecule has 0 saturated carbocycles. The maximum Gasteiger partial charge on any atom is 0.326 e. The molecule has 98 valence electrons. The molecule has 0 spiro atoms. The van der Waals surface area contributed by atoms with Gasteiger partial charge in [-0.2, -0.15) is 0 Å². The molecule has 0 aromatic rings. The summed E-state index contributed by atoms with van der Waals surface area (Å²) >= 11 is 0. The predicted molar refractivity (Wildman–Crippen MR) is 62.6 cm³/mol. The molecule has 1 heterocycles. The molecule has 0 aromatic carbocycles. The van der Waals surface area contributed by atoms with Gasteiger partial charge < -0.3 is 14.7 Å². The van der Waals surface area contributed by atoms with Crippen LogP contribution < -0.4 is 0 Å². The second-order valence-electron chi connectivity index (χ2n) is 4.50. The first-order valence-corrected chi connectivity index (χ1v) is 6.18. The van der Waals surface area contributed by atoms with Gasteiger partial charge in [0.15, 0.2) is 0 Å². The lowest BCUT2D eigenvalue weighted by molar-refractivity contribution is -0.149.